The van der Waals surface area contributed by atoms with Crippen LogP contribution in [0.15, 0.2) is 24.3 Å². The maximum absolute atomic E-state index is 10.7. The summed E-state index contributed by atoms with van der Waals surface area (Å²) in [6.07, 6.45) is -1.12. The number of aliphatic hydroxyl groups is 1. The topological polar surface area (TPSA) is 78.5 Å². The molecule has 0 aliphatic rings. The maximum atomic E-state index is 10.7. The molecular formula is C11H14NO4S2+. The van der Waals surface area contributed by atoms with Crippen molar-refractivity contribution in [2.75, 3.05) is 5.75 Å². The number of benzene rings is 1. The van der Waals surface area contributed by atoms with Crippen molar-refractivity contribution in [1.29, 1.82) is 0 Å². The Morgan fingerprint density at radius 3 is 2.72 bits per heavy atom. The molecule has 0 saturated heterocycles. The fraction of sp³-hybridized carbons (Fsp3) is 0.364. The van der Waals surface area contributed by atoms with Crippen molar-refractivity contribution in [3.05, 3.63) is 29.3 Å². The van der Waals surface area contributed by atoms with Gasteiger partial charge in [-0.15, -0.1) is 0 Å². The van der Waals surface area contributed by atoms with Crippen molar-refractivity contribution in [3.63, 3.8) is 0 Å². The summed E-state index contributed by atoms with van der Waals surface area (Å²) in [6.45, 7) is 2.06. The van der Waals surface area contributed by atoms with Gasteiger partial charge in [0.1, 0.15) is 16.6 Å². The Morgan fingerprint density at radius 1 is 1.39 bits per heavy atom. The van der Waals surface area contributed by atoms with Crippen LogP contribution in [-0.2, 0) is 16.7 Å². The van der Waals surface area contributed by atoms with Crippen molar-refractivity contribution < 1.29 is 22.6 Å². The van der Waals surface area contributed by atoms with Crippen LogP contribution in [0.5, 0.6) is 0 Å². The van der Waals surface area contributed by atoms with Gasteiger partial charge in [-0.3, -0.25) is 4.55 Å². The van der Waals surface area contributed by atoms with E-state index in [1.165, 1.54) is 0 Å². The summed E-state index contributed by atoms with van der Waals surface area (Å²) in [4.78, 5) is 0. The van der Waals surface area contributed by atoms with Gasteiger partial charge in [0.25, 0.3) is 10.1 Å². The van der Waals surface area contributed by atoms with Gasteiger partial charge in [0, 0.05) is 13.0 Å². The summed E-state index contributed by atoms with van der Waals surface area (Å²) in [6, 6.07) is 7.70. The quantitative estimate of drug-likeness (QED) is 0.643. The lowest BCUT2D eigenvalue weighted by atomic mass is 10.3. The Bertz CT molecular complexity index is 663. The Labute approximate surface area is 109 Å². The zero-order valence-corrected chi connectivity index (χ0v) is 11.4. The average Bonchev–Trinajstić information content (AvgIpc) is 2.53. The summed E-state index contributed by atoms with van der Waals surface area (Å²) in [5.74, 6) is -0.649. The predicted octanol–water partition coefficient (Wildman–Crippen LogP) is 0.746. The van der Waals surface area contributed by atoms with Crippen LogP contribution in [0.2, 0.25) is 0 Å². The lowest BCUT2D eigenvalue weighted by Crippen LogP contribution is -2.43. The lowest BCUT2D eigenvalue weighted by Gasteiger charge is -2.04. The number of thiazole rings is 1. The van der Waals surface area contributed by atoms with Gasteiger partial charge in [-0.2, -0.15) is 13.0 Å². The Kier molecular flexibility index (Phi) is 3.67. The van der Waals surface area contributed by atoms with Crippen molar-refractivity contribution in [1.82, 2.24) is 0 Å². The van der Waals surface area contributed by atoms with Crippen molar-refractivity contribution >= 4 is 31.7 Å². The summed E-state index contributed by atoms with van der Waals surface area (Å²) < 4.78 is 33.1. The van der Waals surface area contributed by atoms with Crippen molar-refractivity contribution in [2.45, 2.75) is 19.6 Å². The van der Waals surface area contributed by atoms with Crippen LogP contribution in [0.3, 0.4) is 0 Å². The van der Waals surface area contributed by atoms with E-state index in [4.69, 9.17) is 4.55 Å². The molecule has 98 valence electrons. The molecule has 1 atom stereocenters. The first kappa shape index (κ1) is 13.4. The highest BCUT2D eigenvalue weighted by atomic mass is 32.2. The second-order valence-corrected chi connectivity index (χ2v) is 6.83. The average molecular weight is 288 g/mol. The highest BCUT2D eigenvalue weighted by Gasteiger charge is 2.23. The zero-order chi connectivity index (χ0) is 13.3. The van der Waals surface area contributed by atoms with Gasteiger partial charge in [-0.1, -0.05) is 23.5 Å². The van der Waals surface area contributed by atoms with Crippen LogP contribution in [0.25, 0.3) is 10.2 Å². The second-order valence-electron chi connectivity index (χ2n) is 4.10. The molecule has 0 saturated carbocycles. The number of rotatable bonds is 4. The molecule has 1 heterocycles. The van der Waals surface area contributed by atoms with E-state index in [-0.39, 0.29) is 6.54 Å². The minimum atomic E-state index is -4.15. The molecule has 0 unspecified atom stereocenters. The van der Waals surface area contributed by atoms with E-state index >= 15 is 0 Å². The van der Waals surface area contributed by atoms with E-state index in [2.05, 4.69) is 0 Å². The number of para-hydroxylation sites is 1. The molecule has 7 heteroatoms. The molecule has 0 amide bonds. The molecule has 0 fully saturated rings. The molecule has 5 nitrogen and oxygen atoms in total. The Hall–Kier alpha value is -1.02. The molecule has 0 aliphatic carbocycles. The van der Waals surface area contributed by atoms with E-state index in [0.29, 0.717) is 0 Å². The van der Waals surface area contributed by atoms with Crippen LogP contribution in [0, 0.1) is 6.92 Å². The van der Waals surface area contributed by atoms with Crippen molar-refractivity contribution in [2.24, 2.45) is 0 Å². The minimum absolute atomic E-state index is 0.148. The SMILES string of the molecule is Cc1sc2ccccc2[n+]1C[C@@H](O)CS(=O)(=O)O. The van der Waals surface area contributed by atoms with Gasteiger partial charge in [-0.05, 0) is 6.07 Å². The summed E-state index contributed by atoms with van der Waals surface area (Å²) in [5, 5.41) is 10.7. The normalized spacial score (nSPS) is 13.9. The third-order valence-electron chi connectivity index (χ3n) is 2.59. The first-order valence-electron chi connectivity index (χ1n) is 5.38. The predicted molar refractivity (Wildman–Crippen MR) is 69.2 cm³/mol. The fourth-order valence-electron chi connectivity index (χ4n) is 1.88. The van der Waals surface area contributed by atoms with E-state index in [9.17, 15) is 13.5 Å². The first-order chi connectivity index (χ1) is 8.37. The number of hydrogen-bond acceptors (Lipinski definition) is 4. The molecule has 2 aromatic rings. The van der Waals surface area contributed by atoms with Crippen LogP contribution in [0.1, 0.15) is 5.01 Å². The smallest absolute Gasteiger partial charge is 0.267 e. The summed E-state index contributed by atoms with van der Waals surface area (Å²) >= 11 is 1.58. The van der Waals surface area contributed by atoms with Gasteiger partial charge in [0.2, 0.25) is 10.5 Å². The number of aliphatic hydroxyl groups excluding tert-OH is 1. The number of fused-ring (bicyclic) bond motifs is 1. The van der Waals surface area contributed by atoms with Crippen molar-refractivity contribution in [3.8, 4) is 0 Å². The maximum Gasteiger partial charge on any atom is 0.267 e. The lowest BCUT2D eigenvalue weighted by molar-refractivity contribution is -0.679. The highest BCUT2D eigenvalue weighted by molar-refractivity contribution is 7.85. The first-order valence-corrected chi connectivity index (χ1v) is 7.80. The molecule has 1 aromatic heterocycles. The highest BCUT2D eigenvalue weighted by Crippen LogP contribution is 2.19. The minimum Gasteiger partial charge on any atom is -0.385 e. The van der Waals surface area contributed by atoms with Crippen LogP contribution < -0.4 is 4.57 Å². The van der Waals surface area contributed by atoms with E-state index in [0.717, 1.165) is 15.2 Å². The monoisotopic (exact) mass is 288 g/mol. The van der Waals surface area contributed by atoms with E-state index in [1.807, 2.05) is 35.8 Å². The van der Waals surface area contributed by atoms with Crippen LogP contribution in [0.4, 0.5) is 0 Å². The molecule has 2 rings (SSSR count). The third-order valence-corrected chi connectivity index (χ3v) is 4.48. The third kappa shape index (κ3) is 3.05. The molecule has 0 aliphatic heterocycles. The van der Waals surface area contributed by atoms with Gasteiger partial charge in [0.15, 0.2) is 6.54 Å². The zero-order valence-electron chi connectivity index (χ0n) is 9.78. The van der Waals surface area contributed by atoms with Gasteiger partial charge in [-0.25, -0.2) is 0 Å². The Balaban J connectivity index is 2.29. The number of nitrogens with zero attached hydrogens (tertiary/aromatic N) is 1. The van der Waals surface area contributed by atoms with Crippen LogP contribution in [-0.4, -0.2) is 29.9 Å². The summed E-state index contributed by atoms with van der Waals surface area (Å²) in [5.41, 5.74) is 0.953. The van der Waals surface area contributed by atoms with Gasteiger partial charge in [0.05, 0.1) is 0 Å². The Morgan fingerprint density at radius 2 is 2.06 bits per heavy atom. The van der Waals surface area contributed by atoms with Gasteiger partial charge >= 0.3 is 0 Å². The van der Waals surface area contributed by atoms with E-state index < -0.39 is 22.0 Å². The van der Waals surface area contributed by atoms with E-state index in [1.54, 1.807) is 11.3 Å². The van der Waals surface area contributed by atoms with Gasteiger partial charge < -0.3 is 5.11 Å². The van der Waals surface area contributed by atoms with Crippen LogP contribution >= 0.6 is 11.3 Å². The number of hydrogen-bond donors (Lipinski definition) is 2. The summed E-state index contributed by atoms with van der Waals surface area (Å²) in [7, 11) is -4.15. The molecule has 1 aromatic carbocycles. The number of aromatic nitrogens is 1. The molecular weight excluding hydrogens is 274 g/mol. The molecule has 2 N–H and O–H groups in total. The molecule has 0 bridgehead atoms. The molecule has 0 spiro atoms. The largest absolute Gasteiger partial charge is 0.385 e. The standard InChI is InChI=1S/C11H13NO4S2/c1-8-12(6-9(13)7-18(14,15)16)10-4-2-3-5-11(10)17-8/h2-5,9,13H,6-7H2,1H3/p+1/t9-/m1/s1. The number of aryl methyl sites for hydroxylation is 1. The molecule has 0 radical (unpaired) electrons. The second kappa shape index (κ2) is 4.93. The molecule has 18 heavy (non-hydrogen) atoms. The fourth-order valence-corrected chi connectivity index (χ4v) is 3.51.